The largest absolute Gasteiger partial charge is 0.489 e. The maximum atomic E-state index is 5.91. The summed E-state index contributed by atoms with van der Waals surface area (Å²) < 4.78 is 5.91. The second kappa shape index (κ2) is 6.02. The molecule has 3 nitrogen and oxygen atoms in total. The predicted molar refractivity (Wildman–Crippen MR) is 85.6 cm³/mol. The molecule has 0 radical (unpaired) electrons. The number of ether oxygens (including phenoxy) is 1. The number of rotatable bonds is 5. The first-order valence-corrected chi connectivity index (χ1v) is 7.28. The molecule has 0 spiro atoms. The van der Waals surface area contributed by atoms with Crippen molar-refractivity contribution < 1.29 is 9.64 Å². The van der Waals surface area contributed by atoms with Crippen LogP contribution in [0, 0.1) is 0 Å². The average Bonchev–Trinajstić information content (AvgIpc) is 2.88. The van der Waals surface area contributed by atoms with Gasteiger partial charge in [-0.05, 0) is 23.8 Å². The first kappa shape index (κ1) is 13.7. The molecule has 0 bridgehead atoms. The molecule has 0 saturated carbocycles. The topological polar surface area (TPSA) is 29.5 Å². The Morgan fingerprint density at radius 1 is 1.05 bits per heavy atom. The van der Waals surface area contributed by atoms with Crippen molar-refractivity contribution in [3.05, 3.63) is 65.9 Å². The van der Waals surface area contributed by atoms with Crippen molar-refractivity contribution in [3.8, 4) is 5.75 Å². The molecule has 108 valence electrons. The lowest BCUT2D eigenvalue weighted by Gasteiger charge is -2.08. The molecule has 3 rings (SSSR count). The molecule has 0 aliphatic carbocycles. The number of H-pyrrole nitrogens is 1. The third-order valence-corrected chi connectivity index (χ3v) is 3.53. The van der Waals surface area contributed by atoms with Crippen molar-refractivity contribution in [3.63, 3.8) is 0 Å². The third kappa shape index (κ3) is 3.26. The van der Waals surface area contributed by atoms with Gasteiger partial charge in [-0.1, -0.05) is 30.3 Å². The number of benzene rings is 2. The van der Waals surface area contributed by atoms with E-state index in [1.165, 1.54) is 26.9 Å². The average molecular weight is 281 g/mol. The molecule has 0 fully saturated rings. The van der Waals surface area contributed by atoms with Crippen LogP contribution in [0.4, 0.5) is 0 Å². The second-order valence-electron chi connectivity index (χ2n) is 5.68. The highest BCUT2D eigenvalue weighted by molar-refractivity contribution is 5.84. The summed E-state index contributed by atoms with van der Waals surface area (Å²) in [5.74, 6) is 0.918. The number of aromatic nitrogens is 1. The van der Waals surface area contributed by atoms with Crippen LogP contribution in [0.2, 0.25) is 0 Å². The molecule has 3 aromatic rings. The van der Waals surface area contributed by atoms with Crippen LogP contribution in [0.5, 0.6) is 5.75 Å². The van der Waals surface area contributed by atoms with E-state index in [-0.39, 0.29) is 0 Å². The van der Waals surface area contributed by atoms with Gasteiger partial charge in [0.05, 0.1) is 14.1 Å². The molecule has 2 N–H and O–H groups in total. The van der Waals surface area contributed by atoms with Gasteiger partial charge in [0.2, 0.25) is 0 Å². The van der Waals surface area contributed by atoms with E-state index in [4.69, 9.17) is 4.74 Å². The van der Waals surface area contributed by atoms with Crippen molar-refractivity contribution >= 4 is 10.9 Å². The Morgan fingerprint density at radius 3 is 2.62 bits per heavy atom. The fourth-order valence-electron chi connectivity index (χ4n) is 2.52. The molecule has 21 heavy (non-hydrogen) atoms. The highest BCUT2D eigenvalue weighted by Crippen LogP contribution is 2.24. The standard InChI is InChI=1S/C18H20N2O/c1-20(2)12-15-11-19-18-9-8-16(10-17(15)18)21-13-14-6-4-3-5-7-14/h3-11,19H,12-13H2,1-2H3/p+1. The van der Waals surface area contributed by atoms with Gasteiger partial charge in [0.15, 0.2) is 0 Å². The minimum Gasteiger partial charge on any atom is -0.489 e. The Bertz CT molecular complexity index is 716. The van der Waals surface area contributed by atoms with Crippen LogP contribution in [-0.2, 0) is 13.2 Å². The van der Waals surface area contributed by atoms with Gasteiger partial charge in [-0.25, -0.2) is 0 Å². The van der Waals surface area contributed by atoms with Crippen molar-refractivity contribution in [1.82, 2.24) is 4.98 Å². The summed E-state index contributed by atoms with van der Waals surface area (Å²) in [5.41, 5.74) is 3.68. The highest BCUT2D eigenvalue weighted by atomic mass is 16.5. The fraction of sp³-hybridized carbons (Fsp3) is 0.222. The van der Waals surface area contributed by atoms with E-state index in [1.54, 1.807) is 0 Å². The molecule has 3 heteroatoms. The van der Waals surface area contributed by atoms with Gasteiger partial charge in [0.25, 0.3) is 0 Å². The second-order valence-corrected chi connectivity index (χ2v) is 5.68. The van der Waals surface area contributed by atoms with Crippen molar-refractivity contribution in [2.75, 3.05) is 14.1 Å². The van der Waals surface area contributed by atoms with Crippen molar-refractivity contribution in [2.45, 2.75) is 13.2 Å². The number of hydrogen-bond donors (Lipinski definition) is 2. The monoisotopic (exact) mass is 281 g/mol. The van der Waals surface area contributed by atoms with Gasteiger partial charge in [-0.2, -0.15) is 0 Å². The smallest absolute Gasteiger partial charge is 0.120 e. The first-order valence-electron chi connectivity index (χ1n) is 7.28. The molecular formula is C18H21N2O+. The summed E-state index contributed by atoms with van der Waals surface area (Å²) >= 11 is 0. The zero-order valence-electron chi connectivity index (χ0n) is 12.5. The Balaban J connectivity index is 1.79. The number of fused-ring (bicyclic) bond motifs is 1. The maximum Gasteiger partial charge on any atom is 0.120 e. The van der Waals surface area contributed by atoms with E-state index in [1.807, 2.05) is 24.3 Å². The third-order valence-electron chi connectivity index (χ3n) is 3.53. The van der Waals surface area contributed by atoms with E-state index in [9.17, 15) is 0 Å². The minimum absolute atomic E-state index is 0.602. The van der Waals surface area contributed by atoms with Gasteiger partial charge < -0.3 is 14.6 Å². The Labute approximate surface area is 125 Å². The molecule has 0 atom stereocenters. The molecule has 0 unspecified atom stereocenters. The number of quaternary nitrogens is 1. The number of aromatic amines is 1. The van der Waals surface area contributed by atoms with Crippen LogP contribution in [0.25, 0.3) is 10.9 Å². The predicted octanol–water partition coefficient (Wildman–Crippen LogP) is 2.39. The minimum atomic E-state index is 0.602. The lowest BCUT2D eigenvalue weighted by atomic mass is 10.1. The van der Waals surface area contributed by atoms with E-state index >= 15 is 0 Å². The van der Waals surface area contributed by atoms with Gasteiger partial charge in [-0.3, -0.25) is 0 Å². The quantitative estimate of drug-likeness (QED) is 0.739. The molecule has 0 amide bonds. The molecule has 0 aliphatic rings. The Kier molecular flexibility index (Phi) is 3.93. The van der Waals surface area contributed by atoms with E-state index < -0.39 is 0 Å². The summed E-state index contributed by atoms with van der Waals surface area (Å²) in [6, 6.07) is 16.5. The van der Waals surface area contributed by atoms with Crippen LogP contribution < -0.4 is 9.64 Å². The lowest BCUT2D eigenvalue weighted by Crippen LogP contribution is -3.04. The fourth-order valence-corrected chi connectivity index (χ4v) is 2.52. The molecule has 2 aromatic carbocycles. The molecule has 1 aromatic heterocycles. The highest BCUT2D eigenvalue weighted by Gasteiger charge is 2.08. The van der Waals surface area contributed by atoms with E-state index in [0.29, 0.717) is 6.61 Å². The summed E-state index contributed by atoms with van der Waals surface area (Å²) in [7, 11) is 4.32. The lowest BCUT2D eigenvalue weighted by molar-refractivity contribution is -0.872. The van der Waals surface area contributed by atoms with Crippen LogP contribution in [0.3, 0.4) is 0 Å². The van der Waals surface area contributed by atoms with Gasteiger partial charge in [0.1, 0.15) is 18.9 Å². The zero-order valence-corrected chi connectivity index (χ0v) is 12.5. The Hall–Kier alpha value is -2.26. The SMILES string of the molecule is C[NH+](C)Cc1c[nH]c2ccc(OCc3ccccc3)cc12. The summed E-state index contributed by atoms with van der Waals surface area (Å²) in [6.45, 7) is 1.60. The van der Waals surface area contributed by atoms with Crippen LogP contribution in [0.1, 0.15) is 11.1 Å². The normalized spacial score (nSPS) is 11.2. The first-order chi connectivity index (χ1) is 10.2. The summed E-state index contributed by atoms with van der Waals surface area (Å²) in [6.07, 6.45) is 2.10. The number of nitrogens with one attached hydrogen (secondary N) is 2. The maximum absolute atomic E-state index is 5.91. The van der Waals surface area contributed by atoms with Crippen LogP contribution in [-0.4, -0.2) is 19.1 Å². The van der Waals surface area contributed by atoms with Gasteiger partial charge >= 0.3 is 0 Å². The van der Waals surface area contributed by atoms with Crippen LogP contribution in [0.15, 0.2) is 54.7 Å². The van der Waals surface area contributed by atoms with Crippen molar-refractivity contribution in [1.29, 1.82) is 0 Å². The summed E-state index contributed by atoms with van der Waals surface area (Å²) in [5, 5.41) is 1.25. The Morgan fingerprint density at radius 2 is 1.86 bits per heavy atom. The van der Waals surface area contributed by atoms with Crippen LogP contribution >= 0.6 is 0 Å². The van der Waals surface area contributed by atoms with E-state index in [0.717, 1.165) is 12.3 Å². The van der Waals surface area contributed by atoms with Gasteiger partial charge in [0, 0.05) is 22.7 Å². The zero-order chi connectivity index (χ0) is 14.7. The molecular weight excluding hydrogens is 260 g/mol. The van der Waals surface area contributed by atoms with Crippen molar-refractivity contribution in [2.24, 2.45) is 0 Å². The number of hydrogen-bond acceptors (Lipinski definition) is 1. The molecule has 1 heterocycles. The van der Waals surface area contributed by atoms with E-state index in [2.05, 4.69) is 49.5 Å². The van der Waals surface area contributed by atoms with Gasteiger partial charge in [-0.15, -0.1) is 0 Å². The molecule has 0 saturated heterocycles. The summed E-state index contributed by atoms with van der Waals surface area (Å²) in [4.78, 5) is 4.73. The molecule has 0 aliphatic heterocycles.